The highest BCUT2D eigenvalue weighted by molar-refractivity contribution is 5.52. The number of halogens is 2. The molecule has 6 nitrogen and oxygen atoms in total. The van der Waals surface area contributed by atoms with Crippen molar-refractivity contribution in [3.05, 3.63) is 53.6 Å². The van der Waals surface area contributed by atoms with Crippen LogP contribution in [0.3, 0.4) is 0 Å². The fourth-order valence-electron chi connectivity index (χ4n) is 3.67. The van der Waals surface area contributed by atoms with Crippen LogP contribution in [0.25, 0.3) is 0 Å². The first-order valence-corrected chi connectivity index (χ1v) is 9.86. The van der Waals surface area contributed by atoms with Gasteiger partial charge >= 0.3 is 0 Å². The lowest BCUT2D eigenvalue weighted by Gasteiger charge is -2.39. The second kappa shape index (κ2) is 10.1. The van der Waals surface area contributed by atoms with Gasteiger partial charge in [-0.2, -0.15) is 0 Å². The van der Waals surface area contributed by atoms with Gasteiger partial charge in [-0.05, 0) is 11.6 Å². The maximum absolute atomic E-state index is 15.0. The molecule has 164 valence electrons. The molecule has 0 bridgehead atoms. The monoisotopic (exact) mass is 422 g/mol. The first-order chi connectivity index (χ1) is 14.5. The van der Waals surface area contributed by atoms with Crippen LogP contribution in [0.15, 0.2) is 42.5 Å². The molecule has 1 atom stereocenters. The van der Waals surface area contributed by atoms with Gasteiger partial charge in [0, 0.05) is 37.8 Å². The van der Waals surface area contributed by atoms with E-state index in [2.05, 4.69) is 5.32 Å². The second-order valence-electron chi connectivity index (χ2n) is 7.13. The van der Waals surface area contributed by atoms with E-state index in [1.807, 2.05) is 30.3 Å². The summed E-state index contributed by atoms with van der Waals surface area (Å²) in [6.45, 7) is 0.965. The number of piperazine rings is 1. The van der Waals surface area contributed by atoms with Crippen LogP contribution in [0, 0.1) is 0 Å². The third-order valence-electron chi connectivity index (χ3n) is 5.18. The van der Waals surface area contributed by atoms with E-state index in [9.17, 15) is 5.11 Å². The van der Waals surface area contributed by atoms with Gasteiger partial charge in [0.05, 0.1) is 14.2 Å². The zero-order valence-corrected chi connectivity index (χ0v) is 17.2. The summed E-state index contributed by atoms with van der Waals surface area (Å²) in [5, 5.41) is 12.7. The number of aliphatic hydroxyl groups excluding tert-OH is 1. The molecule has 30 heavy (non-hydrogen) atoms. The third kappa shape index (κ3) is 5.00. The summed E-state index contributed by atoms with van der Waals surface area (Å²) in [7, 11) is 2.94. The Hall–Kier alpha value is -2.42. The summed E-state index contributed by atoms with van der Waals surface area (Å²) in [4.78, 5) is 1.67. The van der Waals surface area contributed by atoms with Crippen LogP contribution in [0.1, 0.15) is 17.2 Å². The lowest BCUT2D eigenvalue weighted by Crippen LogP contribution is -2.51. The fraction of sp³-hybridized carbons (Fsp3) is 0.455. The summed E-state index contributed by atoms with van der Waals surface area (Å²) in [5.74, 6) is -2.39. The summed E-state index contributed by atoms with van der Waals surface area (Å²) in [5.41, 5.74) is 1.16. The van der Waals surface area contributed by atoms with E-state index in [4.69, 9.17) is 14.2 Å². The molecule has 3 rings (SSSR count). The van der Waals surface area contributed by atoms with Gasteiger partial charge in [0.2, 0.25) is 0 Å². The Morgan fingerprint density at radius 3 is 2.27 bits per heavy atom. The SMILES string of the molecule is COc1cc(OCc2ccccc2)c([C@H](N2CCNCC2)C(F)(F)CO)cc1OC. The Balaban J connectivity index is 2.05. The molecule has 0 aromatic heterocycles. The van der Waals surface area contributed by atoms with Gasteiger partial charge in [-0.25, -0.2) is 8.78 Å². The highest BCUT2D eigenvalue weighted by Crippen LogP contribution is 2.45. The van der Waals surface area contributed by atoms with Gasteiger partial charge in [-0.3, -0.25) is 4.90 Å². The molecule has 1 saturated heterocycles. The molecule has 0 aliphatic carbocycles. The van der Waals surface area contributed by atoms with E-state index in [0.29, 0.717) is 37.7 Å². The predicted molar refractivity (Wildman–Crippen MR) is 110 cm³/mol. The van der Waals surface area contributed by atoms with Crippen LogP contribution < -0.4 is 19.5 Å². The van der Waals surface area contributed by atoms with Crippen molar-refractivity contribution in [1.82, 2.24) is 10.2 Å². The van der Waals surface area contributed by atoms with Crippen LogP contribution in [0.4, 0.5) is 8.78 Å². The van der Waals surface area contributed by atoms with Crippen LogP contribution >= 0.6 is 0 Å². The summed E-state index contributed by atoms with van der Waals surface area (Å²) >= 11 is 0. The topological polar surface area (TPSA) is 63.2 Å². The summed E-state index contributed by atoms with van der Waals surface area (Å²) < 4.78 is 46.7. The van der Waals surface area contributed by atoms with E-state index in [1.165, 1.54) is 20.3 Å². The van der Waals surface area contributed by atoms with Crippen LogP contribution in [-0.2, 0) is 6.61 Å². The number of nitrogens with zero attached hydrogens (tertiary/aromatic N) is 1. The molecule has 2 N–H and O–H groups in total. The van der Waals surface area contributed by atoms with Gasteiger partial charge in [-0.15, -0.1) is 0 Å². The van der Waals surface area contributed by atoms with Crippen molar-refractivity contribution < 1.29 is 28.1 Å². The molecular formula is C22H28F2N2O4. The first-order valence-electron chi connectivity index (χ1n) is 9.86. The van der Waals surface area contributed by atoms with Gasteiger partial charge in [0.1, 0.15) is 25.0 Å². The maximum Gasteiger partial charge on any atom is 0.290 e. The maximum atomic E-state index is 15.0. The Kier molecular flexibility index (Phi) is 7.47. The average Bonchev–Trinajstić information content (AvgIpc) is 2.79. The van der Waals surface area contributed by atoms with Gasteiger partial charge in [0.15, 0.2) is 11.5 Å². The van der Waals surface area contributed by atoms with Crippen molar-refractivity contribution in [2.24, 2.45) is 0 Å². The normalized spacial score (nSPS) is 16.2. The quantitative estimate of drug-likeness (QED) is 0.648. The number of hydrogen-bond donors (Lipinski definition) is 2. The molecule has 0 spiro atoms. The Morgan fingerprint density at radius 1 is 1.03 bits per heavy atom. The minimum atomic E-state index is -3.37. The number of methoxy groups -OCH3 is 2. The predicted octanol–water partition coefficient (Wildman–Crippen LogP) is 2.86. The molecule has 0 amide bonds. The summed E-state index contributed by atoms with van der Waals surface area (Å²) in [6, 6.07) is 11.2. The van der Waals surface area contributed by atoms with E-state index in [0.717, 1.165) is 5.56 Å². The van der Waals surface area contributed by atoms with Crippen LogP contribution in [0.5, 0.6) is 17.2 Å². The standard InChI is InChI=1S/C22H28F2N2O4/c1-28-19-12-17(21(22(23,24)15-27)26-10-8-25-9-11-26)18(13-20(19)29-2)30-14-16-6-4-3-5-7-16/h3-7,12-13,21,25,27H,8-11,14-15H2,1-2H3/t21-/m0/s1. The number of nitrogens with one attached hydrogen (secondary N) is 1. The number of aliphatic hydroxyl groups is 1. The lowest BCUT2D eigenvalue weighted by atomic mass is 9.96. The molecule has 2 aromatic carbocycles. The van der Waals surface area contributed by atoms with Crippen molar-refractivity contribution >= 4 is 0 Å². The Morgan fingerprint density at radius 2 is 1.67 bits per heavy atom. The van der Waals surface area contributed by atoms with Crippen LogP contribution in [0.2, 0.25) is 0 Å². The number of rotatable bonds is 9. The molecule has 0 saturated carbocycles. The van der Waals surface area contributed by atoms with E-state index in [1.54, 1.807) is 11.0 Å². The highest BCUT2D eigenvalue weighted by atomic mass is 19.3. The highest BCUT2D eigenvalue weighted by Gasteiger charge is 2.45. The molecule has 0 unspecified atom stereocenters. The number of hydrogen-bond acceptors (Lipinski definition) is 6. The first kappa shape index (κ1) is 22.3. The molecule has 1 aliphatic rings. The molecule has 2 aromatic rings. The van der Waals surface area contributed by atoms with Crippen molar-refractivity contribution in [1.29, 1.82) is 0 Å². The van der Waals surface area contributed by atoms with Crippen molar-refractivity contribution in [3.63, 3.8) is 0 Å². The molecule has 1 aliphatic heterocycles. The lowest BCUT2D eigenvalue weighted by molar-refractivity contribution is -0.119. The van der Waals surface area contributed by atoms with Crippen molar-refractivity contribution in [2.75, 3.05) is 47.0 Å². The summed E-state index contributed by atoms with van der Waals surface area (Å²) in [6.07, 6.45) is 0. The van der Waals surface area contributed by atoms with E-state index >= 15 is 8.78 Å². The largest absolute Gasteiger partial charge is 0.493 e. The number of benzene rings is 2. The zero-order chi connectivity index (χ0) is 21.6. The van der Waals surface area contributed by atoms with Gasteiger partial charge in [-0.1, -0.05) is 30.3 Å². The van der Waals surface area contributed by atoms with E-state index < -0.39 is 18.6 Å². The minimum Gasteiger partial charge on any atom is -0.493 e. The zero-order valence-electron chi connectivity index (χ0n) is 17.2. The van der Waals surface area contributed by atoms with E-state index in [-0.39, 0.29) is 17.9 Å². The van der Waals surface area contributed by atoms with Crippen molar-refractivity contribution in [2.45, 2.75) is 18.6 Å². The smallest absolute Gasteiger partial charge is 0.290 e. The Bertz CT molecular complexity index is 814. The molecule has 1 fully saturated rings. The van der Waals surface area contributed by atoms with Gasteiger partial charge < -0.3 is 24.6 Å². The fourth-order valence-corrected chi connectivity index (χ4v) is 3.67. The second-order valence-corrected chi connectivity index (χ2v) is 7.13. The molecular weight excluding hydrogens is 394 g/mol. The number of ether oxygens (including phenoxy) is 3. The minimum absolute atomic E-state index is 0.211. The molecule has 1 heterocycles. The van der Waals surface area contributed by atoms with Crippen molar-refractivity contribution in [3.8, 4) is 17.2 Å². The number of alkyl halides is 2. The average molecular weight is 422 g/mol. The molecule has 8 heteroatoms. The van der Waals surface area contributed by atoms with Crippen LogP contribution in [-0.4, -0.2) is 62.9 Å². The third-order valence-corrected chi connectivity index (χ3v) is 5.18. The Labute approximate surface area is 175 Å². The van der Waals surface area contributed by atoms with Gasteiger partial charge in [0.25, 0.3) is 5.92 Å². The molecule has 0 radical (unpaired) electrons.